The summed E-state index contributed by atoms with van der Waals surface area (Å²) < 4.78 is 10.2. The molecule has 0 fully saturated rings. The maximum Gasteiger partial charge on any atom is 0.342 e. The zero-order chi connectivity index (χ0) is 22.2. The van der Waals surface area contributed by atoms with Gasteiger partial charge in [-0.15, -0.1) is 0 Å². The average molecular weight is 421 g/mol. The number of hydrogen-bond acceptors (Lipinski definition) is 6. The van der Waals surface area contributed by atoms with Crippen LogP contribution < -0.4 is 0 Å². The van der Waals surface area contributed by atoms with E-state index in [-0.39, 0.29) is 24.4 Å². The van der Waals surface area contributed by atoms with Gasteiger partial charge in [0.15, 0.2) is 11.6 Å². The first kappa shape index (κ1) is 25.8. The Kier molecular flexibility index (Phi) is 13.4. The molecule has 0 spiro atoms. The number of esters is 2. The molecule has 30 heavy (non-hydrogen) atoms. The first-order valence-electron chi connectivity index (χ1n) is 11.4. The number of allylic oxidation sites excluding steroid dienone is 2. The van der Waals surface area contributed by atoms with Gasteiger partial charge in [-0.05, 0) is 12.8 Å². The van der Waals surface area contributed by atoms with Gasteiger partial charge in [0.25, 0.3) is 0 Å². The van der Waals surface area contributed by atoms with Crippen LogP contribution in [0.15, 0.2) is 23.3 Å². The van der Waals surface area contributed by atoms with Crippen molar-refractivity contribution in [3.63, 3.8) is 0 Å². The van der Waals surface area contributed by atoms with Gasteiger partial charge in [0, 0.05) is 12.2 Å². The molecule has 0 radical (unpaired) electrons. The Morgan fingerprint density at radius 3 is 1.30 bits per heavy atom. The Labute approximate surface area is 180 Å². The molecule has 0 aromatic rings. The molecule has 168 valence electrons. The van der Waals surface area contributed by atoms with Crippen LogP contribution in [0.25, 0.3) is 0 Å². The maximum atomic E-state index is 12.2. The Balaban J connectivity index is 2.36. The zero-order valence-electron chi connectivity index (χ0n) is 18.5. The van der Waals surface area contributed by atoms with Crippen LogP contribution >= 0.6 is 0 Å². The first-order chi connectivity index (χ1) is 14.5. The van der Waals surface area contributed by atoms with Crippen LogP contribution in [0.5, 0.6) is 0 Å². The number of unbranched alkanes of at least 4 members (excludes halogenated alkanes) is 10. The number of ether oxygens (including phenoxy) is 2. The molecule has 1 rings (SSSR count). The smallest absolute Gasteiger partial charge is 0.342 e. The van der Waals surface area contributed by atoms with E-state index in [4.69, 9.17) is 9.47 Å². The van der Waals surface area contributed by atoms with Gasteiger partial charge in [0.05, 0.1) is 13.2 Å². The molecule has 0 heterocycles. The number of carbonyl (C=O) groups is 4. The summed E-state index contributed by atoms with van der Waals surface area (Å²) in [6, 6.07) is 0. The van der Waals surface area contributed by atoms with Gasteiger partial charge in [-0.2, -0.15) is 0 Å². The quantitative estimate of drug-likeness (QED) is 0.154. The molecule has 0 unspecified atom stereocenters. The lowest BCUT2D eigenvalue weighted by Gasteiger charge is -2.12. The maximum absolute atomic E-state index is 12.2. The molecule has 6 heteroatoms. The molecule has 0 bridgehead atoms. The van der Waals surface area contributed by atoms with Crippen LogP contribution in [0.1, 0.15) is 90.9 Å². The average Bonchev–Trinajstić information content (AvgIpc) is 2.73. The van der Waals surface area contributed by atoms with E-state index < -0.39 is 23.5 Å². The van der Waals surface area contributed by atoms with E-state index in [1.165, 1.54) is 25.7 Å². The predicted molar refractivity (Wildman–Crippen MR) is 115 cm³/mol. The second-order valence-electron chi connectivity index (χ2n) is 7.65. The van der Waals surface area contributed by atoms with E-state index in [9.17, 15) is 19.2 Å². The molecule has 0 saturated heterocycles. The molecule has 0 amide bonds. The number of rotatable bonds is 16. The summed E-state index contributed by atoms with van der Waals surface area (Å²) in [5.74, 6) is -3.04. The summed E-state index contributed by atoms with van der Waals surface area (Å²) in [6.07, 6.45) is 14.3. The first-order valence-corrected chi connectivity index (χ1v) is 11.4. The fourth-order valence-corrected chi connectivity index (χ4v) is 3.13. The van der Waals surface area contributed by atoms with Gasteiger partial charge in [0.1, 0.15) is 11.1 Å². The molecule has 1 aliphatic rings. The normalized spacial score (nSPS) is 13.7. The molecule has 0 N–H and O–H groups in total. The minimum atomic E-state index is -0.822. The summed E-state index contributed by atoms with van der Waals surface area (Å²) in [6.45, 7) is 4.71. The number of carbonyl (C=O) groups excluding carboxylic acids is 4. The Bertz CT molecular complexity index is 588. The van der Waals surface area contributed by atoms with Gasteiger partial charge < -0.3 is 9.47 Å². The molecular formula is C24H36O6. The Morgan fingerprint density at radius 2 is 0.933 bits per heavy atom. The SMILES string of the molecule is CCCCCCCCOC(=O)C1=CC(=O)C(C(=O)OCCCCCCCC)=CC1=O. The van der Waals surface area contributed by atoms with Crippen molar-refractivity contribution >= 4 is 23.5 Å². The Hall–Kier alpha value is -2.24. The van der Waals surface area contributed by atoms with Crippen molar-refractivity contribution in [3.05, 3.63) is 23.3 Å². The van der Waals surface area contributed by atoms with Crippen LogP contribution in [0.2, 0.25) is 0 Å². The third-order valence-corrected chi connectivity index (χ3v) is 4.98. The van der Waals surface area contributed by atoms with Crippen molar-refractivity contribution in [2.75, 3.05) is 13.2 Å². The summed E-state index contributed by atoms with van der Waals surface area (Å²) in [5.41, 5.74) is -0.670. The van der Waals surface area contributed by atoms with Gasteiger partial charge in [0.2, 0.25) is 0 Å². The van der Waals surface area contributed by atoms with Crippen molar-refractivity contribution in [1.29, 1.82) is 0 Å². The van der Waals surface area contributed by atoms with Crippen molar-refractivity contribution in [1.82, 2.24) is 0 Å². The van der Waals surface area contributed by atoms with E-state index in [0.717, 1.165) is 63.5 Å². The predicted octanol–water partition coefficient (Wildman–Crippen LogP) is 4.80. The monoisotopic (exact) mass is 420 g/mol. The largest absolute Gasteiger partial charge is 0.462 e. The molecule has 0 aliphatic heterocycles. The topological polar surface area (TPSA) is 86.7 Å². The highest BCUT2D eigenvalue weighted by atomic mass is 16.5. The standard InChI is InChI=1S/C24H36O6/c1-3-5-7-9-11-13-15-29-23(27)19-17-22(26)20(18-21(19)25)24(28)30-16-14-12-10-8-6-4-2/h17-18H,3-16H2,1-2H3. The molecule has 6 nitrogen and oxygen atoms in total. The van der Waals surface area contributed by atoms with E-state index in [0.29, 0.717) is 0 Å². The number of ketones is 2. The number of hydrogen-bond donors (Lipinski definition) is 0. The highest BCUT2D eigenvalue weighted by molar-refractivity contribution is 6.35. The summed E-state index contributed by atoms with van der Waals surface area (Å²) in [5, 5.41) is 0. The van der Waals surface area contributed by atoms with E-state index in [1.54, 1.807) is 0 Å². The van der Waals surface area contributed by atoms with Crippen LogP contribution in [-0.2, 0) is 28.7 Å². The molecule has 0 aromatic heterocycles. The lowest BCUT2D eigenvalue weighted by Crippen LogP contribution is -2.25. The van der Waals surface area contributed by atoms with Gasteiger partial charge in [-0.1, -0.05) is 78.1 Å². The summed E-state index contributed by atoms with van der Waals surface area (Å²) in [4.78, 5) is 48.5. The molecule has 0 saturated carbocycles. The van der Waals surface area contributed by atoms with Crippen molar-refractivity contribution in [2.24, 2.45) is 0 Å². The van der Waals surface area contributed by atoms with Crippen LogP contribution in [-0.4, -0.2) is 36.7 Å². The van der Waals surface area contributed by atoms with E-state index in [2.05, 4.69) is 13.8 Å². The van der Waals surface area contributed by atoms with Crippen LogP contribution in [0, 0.1) is 0 Å². The van der Waals surface area contributed by atoms with Crippen molar-refractivity contribution in [3.8, 4) is 0 Å². The summed E-state index contributed by atoms with van der Waals surface area (Å²) >= 11 is 0. The fourth-order valence-electron chi connectivity index (χ4n) is 3.13. The fraction of sp³-hybridized carbons (Fsp3) is 0.667. The van der Waals surface area contributed by atoms with Crippen molar-refractivity contribution < 1.29 is 28.7 Å². The molecule has 0 aromatic carbocycles. The zero-order valence-corrected chi connectivity index (χ0v) is 18.5. The third kappa shape index (κ3) is 9.99. The Morgan fingerprint density at radius 1 is 0.600 bits per heavy atom. The second-order valence-corrected chi connectivity index (χ2v) is 7.65. The van der Waals surface area contributed by atoms with E-state index >= 15 is 0 Å². The van der Waals surface area contributed by atoms with Crippen molar-refractivity contribution in [2.45, 2.75) is 90.9 Å². The highest BCUT2D eigenvalue weighted by Gasteiger charge is 2.30. The van der Waals surface area contributed by atoms with Crippen LogP contribution in [0.3, 0.4) is 0 Å². The van der Waals surface area contributed by atoms with Crippen LogP contribution in [0.4, 0.5) is 0 Å². The minimum Gasteiger partial charge on any atom is -0.462 e. The molecular weight excluding hydrogens is 384 g/mol. The molecule has 0 atom stereocenters. The van der Waals surface area contributed by atoms with E-state index in [1.807, 2.05) is 0 Å². The van der Waals surface area contributed by atoms with Gasteiger partial charge in [-0.25, -0.2) is 9.59 Å². The lowest BCUT2D eigenvalue weighted by atomic mass is 9.97. The lowest BCUT2D eigenvalue weighted by molar-refractivity contribution is -0.143. The molecule has 1 aliphatic carbocycles. The summed E-state index contributed by atoms with van der Waals surface area (Å²) in [7, 11) is 0. The highest BCUT2D eigenvalue weighted by Crippen LogP contribution is 2.16. The second kappa shape index (κ2) is 15.6. The minimum absolute atomic E-state index is 0.209. The third-order valence-electron chi connectivity index (χ3n) is 4.98. The van der Waals surface area contributed by atoms with Gasteiger partial charge in [-0.3, -0.25) is 9.59 Å². The van der Waals surface area contributed by atoms with Gasteiger partial charge >= 0.3 is 11.9 Å².